The first-order valence-corrected chi connectivity index (χ1v) is 3.67. The second-order valence-electron chi connectivity index (χ2n) is 3.32. The van der Waals surface area contributed by atoms with Crippen LogP contribution in [0.15, 0.2) is 12.3 Å². The van der Waals surface area contributed by atoms with Crippen molar-refractivity contribution in [3.63, 3.8) is 0 Å². The Balaban J connectivity index is 2.83. The van der Waals surface area contributed by atoms with Crippen molar-refractivity contribution < 1.29 is 9.50 Å². The van der Waals surface area contributed by atoms with E-state index in [2.05, 4.69) is 10.2 Å². The van der Waals surface area contributed by atoms with Gasteiger partial charge in [0.15, 0.2) is 0 Å². The highest BCUT2D eigenvalue weighted by Gasteiger charge is 2.17. The molecule has 0 fully saturated rings. The Bertz CT molecular complexity index is 270. The van der Waals surface area contributed by atoms with Crippen molar-refractivity contribution in [3.05, 3.63) is 23.8 Å². The van der Waals surface area contributed by atoms with Gasteiger partial charge in [-0.25, -0.2) is 4.39 Å². The summed E-state index contributed by atoms with van der Waals surface area (Å²) in [4.78, 5) is 0. The van der Waals surface area contributed by atoms with E-state index in [4.69, 9.17) is 0 Å². The minimum atomic E-state index is -0.948. The molecule has 0 unspecified atom stereocenters. The Labute approximate surface area is 70.3 Å². The van der Waals surface area contributed by atoms with E-state index in [1.807, 2.05) is 0 Å². The number of hydrogen-bond acceptors (Lipinski definition) is 3. The molecule has 0 radical (unpaired) electrons. The number of aliphatic hydroxyl groups is 1. The van der Waals surface area contributed by atoms with Gasteiger partial charge in [0.05, 0.1) is 11.8 Å². The second kappa shape index (κ2) is 3.15. The van der Waals surface area contributed by atoms with Crippen molar-refractivity contribution in [2.45, 2.75) is 25.9 Å². The van der Waals surface area contributed by atoms with Gasteiger partial charge in [0, 0.05) is 6.42 Å². The monoisotopic (exact) mass is 170 g/mol. The van der Waals surface area contributed by atoms with Crippen molar-refractivity contribution in [2.24, 2.45) is 0 Å². The summed E-state index contributed by atoms with van der Waals surface area (Å²) in [5.74, 6) is -0.424. The summed E-state index contributed by atoms with van der Waals surface area (Å²) in [6.07, 6.45) is 1.45. The topological polar surface area (TPSA) is 46.0 Å². The molecule has 4 heteroatoms. The van der Waals surface area contributed by atoms with E-state index in [-0.39, 0.29) is 12.1 Å². The smallest absolute Gasteiger partial charge is 0.148 e. The van der Waals surface area contributed by atoms with Crippen molar-refractivity contribution in [2.75, 3.05) is 0 Å². The maximum Gasteiger partial charge on any atom is 0.148 e. The molecule has 1 aromatic rings. The molecule has 0 atom stereocenters. The first kappa shape index (κ1) is 9.06. The van der Waals surface area contributed by atoms with Crippen molar-refractivity contribution >= 4 is 0 Å². The van der Waals surface area contributed by atoms with E-state index < -0.39 is 11.4 Å². The average Bonchev–Trinajstić information content (AvgIpc) is 1.91. The van der Waals surface area contributed by atoms with Gasteiger partial charge >= 0.3 is 0 Å². The van der Waals surface area contributed by atoms with E-state index >= 15 is 0 Å². The SMILES string of the molecule is CC(C)(O)Cc1nnccc1F. The van der Waals surface area contributed by atoms with Gasteiger partial charge in [-0.3, -0.25) is 0 Å². The van der Waals surface area contributed by atoms with Gasteiger partial charge in [-0.05, 0) is 19.9 Å². The molecule has 3 nitrogen and oxygen atoms in total. The fourth-order valence-electron chi connectivity index (χ4n) is 0.875. The number of halogens is 1. The quantitative estimate of drug-likeness (QED) is 0.718. The summed E-state index contributed by atoms with van der Waals surface area (Å²) in [5, 5.41) is 16.5. The van der Waals surface area contributed by atoms with Crippen molar-refractivity contribution in [1.82, 2.24) is 10.2 Å². The Kier molecular flexibility index (Phi) is 2.38. The van der Waals surface area contributed by atoms with Crippen LogP contribution in [0.2, 0.25) is 0 Å². The standard InChI is InChI=1S/C8H11FN2O/c1-8(2,12)5-7-6(9)3-4-10-11-7/h3-4,12H,5H2,1-2H3. The van der Waals surface area contributed by atoms with E-state index in [1.54, 1.807) is 13.8 Å². The molecule has 0 aliphatic rings. The van der Waals surface area contributed by atoms with Gasteiger partial charge in [0.2, 0.25) is 0 Å². The third-order valence-electron chi connectivity index (χ3n) is 1.34. The number of aromatic nitrogens is 2. The van der Waals surface area contributed by atoms with Crippen LogP contribution in [-0.4, -0.2) is 20.9 Å². The van der Waals surface area contributed by atoms with Crippen LogP contribution in [0, 0.1) is 5.82 Å². The van der Waals surface area contributed by atoms with Crippen LogP contribution in [0.5, 0.6) is 0 Å². The van der Waals surface area contributed by atoms with Crippen LogP contribution in [0.4, 0.5) is 4.39 Å². The fourth-order valence-corrected chi connectivity index (χ4v) is 0.875. The molecular formula is C8H11FN2O. The van der Waals surface area contributed by atoms with Gasteiger partial charge in [-0.2, -0.15) is 10.2 Å². The van der Waals surface area contributed by atoms with E-state index in [1.165, 1.54) is 12.3 Å². The molecule has 0 saturated heterocycles. The Hall–Kier alpha value is -1.03. The largest absolute Gasteiger partial charge is 0.390 e. The molecule has 1 heterocycles. The fraction of sp³-hybridized carbons (Fsp3) is 0.500. The minimum Gasteiger partial charge on any atom is -0.390 e. The lowest BCUT2D eigenvalue weighted by atomic mass is 10.0. The van der Waals surface area contributed by atoms with Crippen molar-refractivity contribution in [1.29, 1.82) is 0 Å². The molecule has 0 saturated carbocycles. The van der Waals surface area contributed by atoms with Crippen LogP contribution in [0.25, 0.3) is 0 Å². The van der Waals surface area contributed by atoms with Gasteiger partial charge in [-0.1, -0.05) is 0 Å². The summed E-state index contributed by atoms with van der Waals surface area (Å²) in [7, 11) is 0. The lowest BCUT2D eigenvalue weighted by molar-refractivity contribution is 0.0786. The highest BCUT2D eigenvalue weighted by atomic mass is 19.1. The van der Waals surface area contributed by atoms with Crippen LogP contribution >= 0.6 is 0 Å². The maximum absolute atomic E-state index is 12.9. The van der Waals surface area contributed by atoms with Crippen LogP contribution in [0.3, 0.4) is 0 Å². The zero-order chi connectivity index (χ0) is 9.19. The third-order valence-corrected chi connectivity index (χ3v) is 1.34. The molecule has 0 spiro atoms. The number of rotatable bonds is 2. The van der Waals surface area contributed by atoms with Crippen LogP contribution in [0.1, 0.15) is 19.5 Å². The summed E-state index contributed by atoms with van der Waals surface area (Å²) in [5.41, 5.74) is -0.748. The average molecular weight is 170 g/mol. The van der Waals surface area contributed by atoms with Crippen molar-refractivity contribution in [3.8, 4) is 0 Å². The zero-order valence-electron chi connectivity index (χ0n) is 7.08. The van der Waals surface area contributed by atoms with E-state index in [9.17, 15) is 9.50 Å². The summed E-state index contributed by atoms with van der Waals surface area (Å²) < 4.78 is 12.9. The maximum atomic E-state index is 12.9. The van der Waals surface area contributed by atoms with Gasteiger partial charge in [0.25, 0.3) is 0 Å². The molecule has 0 aromatic carbocycles. The Morgan fingerprint density at radius 1 is 1.58 bits per heavy atom. The molecule has 12 heavy (non-hydrogen) atoms. The Morgan fingerprint density at radius 3 is 2.75 bits per heavy atom. The molecule has 66 valence electrons. The lowest BCUT2D eigenvalue weighted by Crippen LogP contribution is -2.23. The van der Waals surface area contributed by atoms with E-state index in [0.717, 1.165) is 0 Å². The molecule has 1 rings (SSSR count). The zero-order valence-corrected chi connectivity index (χ0v) is 7.08. The molecule has 0 amide bonds. The lowest BCUT2D eigenvalue weighted by Gasteiger charge is -2.15. The molecule has 1 N–H and O–H groups in total. The molecule has 0 aliphatic heterocycles. The molecule has 0 bridgehead atoms. The van der Waals surface area contributed by atoms with Gasteiger partial charge < -0.3 is 5.11 Å². The predicted molar refractivity (Wildman–Crippen MR) is 42.0 cm³/mol. The Morgan fingerprint density at radius 2 is 2.25 bits per heavy atom. The highest BCUT2D eigenvalue weighted by Crippen LogP contribution is 2.11. The molecular weight excluding hydrogens is 159 g/mol. The third kappa shape index (κ3) is 2.54. The highest BCUT2D eigenvalue weighted by molar-refractivity contribution is 5.05. The van der Waals surface area contributed by atoms with Crippen LogP contribution < -0.4 is 0 Å². The second-order valence-corrected chi connectivity index (χ2v) is 3.32. The van der Waals surface area contributed by atoms with E-state index in [0.29, 0.717) is 0 Å². The first-order chi connectivity index (χ1) is 5.49. The number of hydrogen-bond donors (Lipinski definition) is 1. The first-order valence-electron chi connectivity index (χ1n) is 3.67. The molecule has 0 aliphatic carbocycles. The summed E-state index contributed by atoms with van der Waals surface area (Å²) in [6.45, 7) is 3.20. The van der Waals surface area contributed by atoms with Gasteiger partial charge in [0.1, 0.15) is 11.5 Å². The van der Waals surface area contributed by atoms with Gasteiger partial charge in [-0.15, -0.1) is 0 Å². The summed E-state index contributed by atoms with van der Waals surface area (Å²) >= 11 is 0. The normalized spacial score (nSPS) is 11.7. The number of nitrogens with zero attached hydrogens (tertiary/aromatic N) is 2. The minimum absolute atomic E-state index is 0.173. The summed E-state index contributed by atoms with van der Waals surface area (Å²) in [6, 6.07) is 1.23. The predicted octanol–water partition coefficient (Wildman–Crippen LogP) is 0.929. The van der Waals surface area contributed by atoms with Crippen LogP contribution in [-0.2, 0) is 6.42 Å². The molecule has 1 aromatic heterocycles.